The quantitative estimate of drug-likeness (QED) is 0.893. The fourth-order valence-corrected chi connectivity index (χ4v) is 1.71. The number of methoxy groups -OCH3 is 1. The molecule has 0 radical (unpaired) electrons. The van der Waals surface area contributed by atoms with Crippen LogP contribution >= 0.6 is 15.9 Å². The van der Waals surface area contributed by atoms with Crippen molar-refractivity contribution >= 4 is 15.9 Å². The minimum absolute atomic E-state index is 0.214. The number of aliphatic hydroxyl groups excluding tert-OH is 1. The first-order valence-electron chi connectivity index (χ1n) is 5.07. The summed E-state index contributed by atoms with van der Waals surface area (Å²) in [5.41, 5.74) is 0.960. The van der Waals surface area contributed by atoms with E-state index in [9.17, 15) is 5.11 Å². The molecular formula is C12H17BrO2. The molecule has 84 valence electrons. The third-order valence-electron chi connectivity index (χ3n) is 2.53. The Morgan fingerprint density at radius 3 is 2.47 bits per heavy atom. The van der Waals surface area contributed by atoms with Gasteiger partial charge in [0.1, 0.15) is 0 Å². The SMILES string of the molecule is COCCC(C)C(O)c1ccc(Br)cc1. The van der Waals surface area contributed by atoms with Crippen molar-refractivity contribution in [3.8, 4) is 0 Å². The zero-order valence-electron chi connectivity index (χ0n) is 9.11. The average molecular weight is 273 g/mol. The van der Waals surface area contributed by atoms with Gasteiger partial charge in [0, 0.05) is 18.2 Å². The molecule has 0 aromatic heterocycles. The van der Waals surface area contributed by atoms with E-state index >= 15 is 0 Å². The van der Waals surface area contributed by atoms with Crippen LogP contribution in [0, 0.1) is 5.92 Å². The molecule has 0 spiro atoms. The Balaban J connectivity index is 2.59. The van der Waals surface area contributed by atoms with E-state index in [0.29, 0.717) is 6.61 Å². The summed E-state index contributed by atoms with van der Waals surface area (Å²) in [6, 6.07) is 7.78. The Kier molecular flexibility index (Phi) is 5.29. The molecule has 1 N–H and O–H groups in total. The predicted octanol–water partition coefficient (Wildman–Crippen LogP) is 3.16. The van der Waals surface area contributed by atoms with Crippen LogP contribution < -0.4 is 0 Å². The summed E-state index contributed by atoms with van der Waals surface area (Å²) in [7, 11) is 1.68. The highest BCUT2D eigenvalue weighted by molar-refractivity contribution is 9.10. The lowest BCUT2D eigenvalue weighted by molar-refractivity contribution is 0.0886. The Morgan fingerprint density at radius 2 is 1.93 bits per heavy atom. The number of hydrogen-bond acceptors (Lipinski definition) is 2. The van der Waals surface area contributed by atoms with Crippen molar-refractivity contribution in [1.29, 1.82) is 0 Å². The average Bonchev–Trinajstić information content (AvgIpc) is 2.26. The van der Waals surface area contributed by atoms with Gasteiger partial charge in [-0.2, -0.15) is 0 Å². The number of ether oxygens (including phenoxy) is 1. The number of aliphatic hydroxyl groups is 1. The van der Waals surface area contributed by atoms with Crippen molar-refractivity contribution in [2.24, 2.45) is 5.92 Å². The van der Waals surface area contributed by atoms with Crippen LogP contribution in [0.25, 0.3) is 0 Å². The van der Waals surface area contributed by atoms with Gasteiger partial charge < -0.3 is 9.84 Å². The molecular weight excluding hydrogens is 256 g/mol. The van der Waals surface area contributed by atoms with Gasteiger partial charge in [-0.1, -0.05) is 35.0 Å². The summed E-state index contributed by atoms with van der Waals surface area (Å²) in [5, 5.41) is 10.0. The Morgan fingerprint density at radius 1 is 1.33 bits per heavy atom. The molecule has 0 amide bonds. The smallest absolute Gasteiger partial charge is 0.0816 e. The van der Waals surface area contributed by atoms with Gasteiger partial charge in [-0.05, 0) is 30.0 Å². The van der Waals surface area contributed by atoms with E-state index in [0.717, 1.165) is 16.5 Å². The second-order valence-electron chi connectivity index (χ2n) is 3.76. The monoisotopic (exact) mass is 272 g/mol. The van der Waals surface area contributed by atoms with Gasteiger partial charge >= 0.3 is 0 Å². The summed E-state index contributed by atoms with van der Waals surface area (Å²) in [4.78, 5) is 0. The van der Waals surface area contributed by atoms with Crippen LogP contribution in [-0.4, -0.2) is 18.8 Å². The van der Waals surface area contributed by atoms with Crippen LogP contribution in [0.15, 0.2) is 28.7 Å². The normalized spacial score (nSPS) is 14.9. The highest BCUT2D eigenvalue weighted by atomic mass is 79.9. The van der Waals surface area contributed by atoms with Crippen LogP contribution in [0.4, 0.5) is 0 Å². The molecule has 2 nitrogen and oxygen atoms in total. The van der Waals surface area contributed by atoms with Crippen LogP contribution in [0.1, 0.15) is 25.0 Å². The second-order valence-corrected chi connectivity index (χ2v) is 4.67. The van der Waals surface area contributed by atoms with Crippen molar-refractivity contribution in [3.63, 3.8) is 0 Å². The molecule has 15 heavy (non-hydrogen) atoms. The summed E-state index contributed by atoms with van der Waals surface area (Å²) in [6.45, 7) is 2.72. The van der Waals surface area contributed by atoms with Crippen molar-refractivity contribution in [1.82, 2.24) is 0 Å². The lowest BCUT2D eigenvalue weighted by Crippen LogP contribution is -2.11. The van der Waals surface area contributed by atoms with Crippen LogP contribution in [0.5, 0.6) is 0 Å². The molecule has 1 rings (SSSR count). The summed E-state index contributed by atoms with van der Waals surface area (Å²) in [5.74, 6) is 0.214. The van der Waals surface area contributed by atoms with Gasteiger partial charge in [-0.15, -0.1) is 0 Å². The number of benzene rings is 1. The molecule has 0 bridgehead atoms. The molecule has 0 aliphatic rings. The van der Waals surface area contributed by atoms with Crippen molar-refractivity contribution in [2.45, 2.75) is 19.4 Å². The van der Waals surface area contributed by atoms with E-state index in [1.54, 1.807) is 7.11 Å². The van der Waals surface area contributed by atoms with Crippen molar-refractivity contribution in [3.05, 3.63) is 34.3 Å². The molecule has 0 saturated carbocycles. The molecule has 2 unspecified atom stereocenters. The highest BCUT2D eigenvalue weighted by Crippen LogP contribution is 2.25. The van der Waals surface area contributed by atoms with Gasteiger partial charge in [0.15, 0.2) is 0 Å². The molecule has 0 aliphatic carbocycles. The third kappa shape index (κ3) is 3.93. The van der Waals surface area contributed by atoms with Gasteiger partial charge in [0.2, 0.25) is 0 Å². The molecule has 0 saturated heterocycles. The Hall–Kier alpha value is -0.380. The zero-order chi connectivity index (χ0) is 11.3. The molecule has 0 fully saturated rings. The number of rotatable bonds is 5. The third-order valence-corrected chi connectivity index (χ3v) is 3.06. The summed E-state index contributed by atoms with van der Waals surface area (Å²) < 4.78 is 6.03. The Bertz CT molecular complexity index is 284. The first kappa shape index (κ1) is 12.7. The number of hydrogen-bond donors (Lipinski definition) is 1. The molecule has 1 aromatic carbocycles. The number of halogens is 1. The molecule has 0 aliphatic heterocycles. The summed E-state index contributed by atoms with van der Waals surface area (Å²) >= 11 is 3.37. The molecule has 1 aromatic rings. The molecule has 3 heteroatoms. The minimum Gasteiger partial charge on any atom is -0.388 e. The summed E-state index contributed by atoms with van der Waals surface area (Å²) in [6.07, 6.45) is 0.460. The maximum Gasteiger partial charge on any atom is 0.0816 e. The molecule has 2 atom stereocenters. The Labute approximate surface area is 99.4 Å². The standard InChI is InChI=1S/C12H17BrO2/c1-9(7-8-15-2)12(14)10-3-5-11(13)6-4-10/h3-6,9,12,14H,7-8H2,1-2H3. The van der Waals surface area contributed by atoms with E-state index in [2.05, 4.69) is 15.9 Å². The van der Waals surface area contributed by atoms with Crippen molar-refractivity contribution < 1.29 is 9.84 Å². The molecule has 0 heterocycles. The van der Waals surface area contributed by atoms with E-state index in [4.69, 9.17) is 4.74 Å². The van der Waals surface area contributed by atoms with Gasteiger partial charge in [0.05, 0.1) is 6.10 Å². The topological polar surface area (TPSA) is 29.5 Å². The minimum atomic E-state index is -0.409. The highest BCUT2D eigenvalue weighted by Gasteiger charge is 2.15. The first-order chi connectivity index (χ1) is 7.15. The van der Waals surface area contributed by atoms with Crippen LogP contribution in [-0.2, 0) is 4.74 Å². The first-order valence-corrected chi connectivity index (χ1v) is 5.87. The van der Waals surface area contributed by atoms with Gasteiger partial charge in [-0.3, -0.25) is 0 Å². The van der Waals surface area contributed by atoms with Gasteiger partial charge in [0.25, 0.3) is 0 Å². The lowest BCUT2D eigenvalue weighted by atomic mass is 9.95. The van der Waals surface area contributed by atoms with Crippen LogP contribution in [0.3, 0.4) is 0 Å². The fourth-order valence-electron chi connectivity index (χ4n) is 1.45. The lowest BCUT2D eigenvalue weighted by Gasteiger charge is -2.18. The fraction of sp³-hybridized carbons (Fsp3) is 0.500. The zero-order valence-corrected chi connectivity index (χ0v) is 10.7. The maximum absolute atomic E-state index is 10.0. The van der Waals surface area contributed by atoms with E-state index < -0.39 is 6.10 Å². The van der Waals surface area contributed by atoms with Crippen LogP contribution in [0.2, 0.25) is 0 Å². The predicted molar refractivity (Wildman–Crippen MR) is 64.8 cm³/mol. The van der Waals surface area contributed by atoms with E-state index in [1.165, 1.54) is 0 Å². The van der Waals surface area contributed by atoms with Crippen molar-refractivity contribution in [2.75, 3.05) is 13.7 Å². The maximum atomic E-state index is 10.0. The largest absolute Gasteiger partial charge is 0.388 e. The second kappa shape index (κ2) is 6.26. The van der Waals surface area contributed by atoms with E-state index in [1.807, 2.05) is 31.2 Å². The van der Waals surface area contributed by atoms with E-state index in [-0.39, 0.29) is 5.92 Å². The van der Waals surface area contributed by atoms with Gasteiger partial charge in [-0.25, -0.2) is 0 Å².